The minimum atomic E-state index is -0.942. The number of nitrogens with one attached hydrogen (secondary N) is 1. The fourth-order valence-electron chi connectivity index (χ4n) is 7.44. The van der Waals surface area contributed by atoms with Crippen molar-refractivity contribution in [3.8, 4) is 35.4 Å². The van der Waals surface area contributed by atoms with Crippen LogP contribution in [0.4, 0.5) is 23.8 Å². The van der Waals surface area contributed by atoms with Crippen molar-refractivity contribution >= 4 is 33.6 Å². The lowest BCUT2D eigenvalue weighted by atomic mass is 9.95. The van der Waals surface area contributed by atoms with E-state index in [1.807, 2.05) is 5.01 Å². The normalized spacial score (nSPS) is 20.9. The van der Waals surface area contributed by atoms with Crippen LogP contribution in [0.5, 0.6) is 11.8 Å². The quantitative estimate of drug-likeness (QED) is 0.246. The number of likely N-dealkylation sites (N-methyl/N-ethyl adjacent to an activating group) is 1. The first-order valence-electron chi connectivity index (χ1n) is 17.0. The summed E-state index contributed by atoms with van der Waals surface area (Å²) in [6, 6.07) is 5.56. The molecule has 5 heterocycles. The van der Waals surface area contributed by atoms with E-state index in [1.165, 1.54) is 42.4 Å². The lowest BCUT2D eigenvalue weighted by molar-refractivity contribution is 0.107. The number of alkyl halides is 1. The Morgan fingerprint density at radius 2 is 2.06 bits per heavy atom. The number of fused-ring (bicyclic) bond motifs is 3. The third-order valence-electron chi connectivity index (χ3n) is 9.91. The van der Waals surface area contributed by atoms with E-state index >= 15 is 8.78 Å². The number of benzene rings is 2. The molecule has 3 N–H and O–H groups in total. The number of rotatable bonds is 8. The van der Waals surface area contributed by atoms with Gasteiger partial charge in [-0.2, -0.15) is 9.97 Å². The number of hydrazine groups is 1. The van der Waals surface area contributed by atoms with Crippen LogP contribution < -0.4 is 25.6 Å². The molecule has 11 nitrogen and oxygen atoms in total. The van der Waals surface area contributed by atoms with Crippen LogP contribution in [0.15, 0.2) is 30.5 Å². The molecule has 2 aromatic carbocycles. The number of nitrogens with zero attached hydrogens (tertiary/aromatic N) is 6. The zero-order valence-corrected chi connectivity index (χ0v) is 27.9. The van der Waals surface area contributed by atoms with Crippen molar-refractivity contribution in [2.24, 2.45) is 5.73 Å². The van der Waals surface area contributed by atoms with Gasteiger partial charge in [-0.25, -0.2) is 23.4 Å². The number of aromatic nitrogens is 3. The topological polar surface area (TPSA) is 122 Å². The van der Waals surface area contributed by atoms with Crippen LogP contribution in [0, 0.1) is 24.0 Å². The number of carbonyl (C=O) groups excluding carboxylic acids is 1. The van der Waals surface area contributed by atoms with Crippen LogP contribution in [-0.2, 0) is 0 Å². The van der Waals surface area contributed by atoms with Crippen LogP contribution in [0.1, 0.15) is 44.1 Å². The van der Waals surface area contributed by atoms with Crippen molar-refractivity contribution < 1.29 is 27.4 Å². The lowest BCUT2D eigenvalue weighted by Gasteiger charge is -2.31. The third kappa shape index (κ3) is 6.25. The van der Waals surface area contributed by atoms with Crippen LogP contribution in [0.25, 0.3) is 32.9 Å². The van der Waals surface area contributed by atoms with Gasteiger partial charge in [0.15, 0.2) is 11.6 Å². The van der Waals surface area contributed by atoms with Crippen LogP contribution >= 0.6 is 0 Å². The maximum absolute atomic E-state index is 17.1. The van der Waals surface area contributed by atoms with Crippen molar-refractivity contribution in [1.82, 2.24) is 30.2 Å². The number of carbonyl (C=O) groups is 1. The van der Waals surface area contributed by atoms with Gasteiger partial charge in [-0.3, -0.25) is 14.9 Å². The van der Waals surface area contributed by atoms with Gasteiger partial charge in [-0.1, -0.05) is 18.4 Å². The Balaban J connectivity index is 1.37. The summed E-state index contributed by atoms with van der Waals surface area (Å²) >= 11 is 0. The number of terminal acetylenes is 1. The first kappa shape index (κ1) is 33.8. The summed E-state index contributed by atoms with van der Waals surface area (Å²) in [6.07, 6.45) is 10.6. The van der Waals surface area contributed by atoms with Gasteiger partial charge in [0, 0.05) is 63.3 Å². The summed E-state index contributed by atoms with van der Waals surface area (Å²) in [6.45, 7) is 3.10. The molecule has 0 aliphatic carbocycles. The average molecular weight is 689 g/mol. The molecule has 3 fully saturated rings. The predicted octanol–water partition coefficient (Wildman–Crippen LogP) is 4.94. The smallest absolute Gasteiger partial charge is 0.415 e. The molecule has 1 amide bonds. The van der Waals surface area contributed by atoms with Crippen molar-refractivity contribution in [1.29, 1.82) is 0 Å². The number of amides is 1. The Bertz CT molecular complexity index is 1980. The number of nitrogens with two attached hydrogens (primary N) is 1. The molecule has 0 bridgehead atoms. The van der Waals surface area contributed by atoms with Crippen molar-refractivity contribution in [2.75, 3.05) is 57.9 Å². The SMILES string of the molecule is C#Cc1c(F)ccc2cc(OC(=O)N(C)CCN)cc(-c3ncc4c(N5CCCCCN5)nc(OC[C@@]56CCCN5C[C@H](F)C6)nc4c3F)c12. The van der Waals surface area contributed by atoms with Crippen molar-refractivity contribution in [3.63, 3.8) is 0 Å². The summed E-state index contributed by atoms with van der Waals surface area (Å²) in [5, 5.41) is 2.82. The second-order valence-corrected chi connectivity index (χ2v) is 13.2. The molecule has 262 valence electrons. The molecule has 3 aliphatic heterocycles. The van der Waals surface area contributed by atoms with Gasteiger partial charge in [0.25, 0.3) is 0 Å². The molecule has 0 radical (unpaired) electrons. The molecule has 2 aromatic heterocycles. The Kier molecular flexibility index (Phi) is 9.38. The molecule has 3 saturated heterocycles. The molecule has 3 aliphatic rings. The van der Waals surface area contributed by atoms with Crippen molar-refractivity contribution in [3.05, 3.63) is 47.7 Å². The number of hydrogen-bond donors (Lipinski definition) is 2. The highest BCUT2D eigenvalue weighted by atomic mass is 19.1. The first-order chi connectivity index (χ1) is 24.2. The van der Waals surface area contributed by atoms with Gasteiger partial charge in [0.05, 0.1) is 16.5 Å². The summed E-state index contributed by atoms with van der Waals surface area (Å²) in [7, 11) is 1.54. The first-order valence-corrected chi connectivity index (χ1v) is 17.0. The number of ether oxygens (including phenoxy) is 2. The zero-order valence-electron chi connectivity index (χ0n) is 27.9. The Labute approximate surface area is 287 Å². The van der Waals surface area contributed by atoms with Crippen LogP contribution in [0.2, 0.25) is 0 Å². The van der Waals surface area contributed by atoms with Gasteiger partial charge < -0.3 is 20.1 Å². The molecule has 4 aromatic rings. The highest BCUT2D eigenvalue weighted by Crippen LogP contribution is 2.42. The molecule has 14 heteroatoms. The van der Waals surface area contributed by atoms with Gasteiger partial charge in [0.1, 0.15) is 35.6 Å². The Morgan fingerprint density at radius 1 is 1.20 bits per heavy atom. The minimum absolute atomic E-state index is 0.0519. The highest BCUT2D eigenvalue weighted by molar-refractivity contribution is 6.03. The Hall–Kier alpha value is -4.71. The van der Waals surface area contributed by atoms with E-state index in [-0.39, 0.29) is 59.2 Å². The second-order valence-electron chi connectivity index (χ2n) is 13.2. The maximum Gasteiger partial charge on any atom is 0.415 e. The molecule has 7 rings (SSSR count). The number of halogens is 3. The fraction of sp³-hybridized carbons (Fsp3) is 0.444. The van der Waals surface area contributed by atoms with Crippen molar-refractivity contribution in [2.45, 2.75) is 50.2 Å². The minimum Gasteiger partial charge on any atom is -0.461 e. The summed E-state index contributed by atoms with van der Waals surface area (Å²) in [5.41, 5.74) is 8.25. The zero-order chi connectivity index (χ0) is 35.0. The van der Waals surface area contributed by atoms with Crippen LogP contribution in [0.3, 0.4) is 0 Å². The van der Waals surface area contributed by atoms with E-state index in [0.717, 1.165) is 38.6 Å². The molecular formula is C36H39F3N8O3. The number of pyridine rings is 1. The van der Waals surface area contributed by atoms with E-state index in [4.69, 9.17) is 26.6 Å². The van der Waals surface area contributed by atoms with Gasteiger partial charge in [-0.05, 0) is 55.8 Å². The fourth-order valence-corrected chi connectivity index (χ4v) is 7.44. The van der Waals surface area contributed by atoms with Crippen LogP contribution in [-0.4, -0.2) is 95.5 Å². The average Bonchev–Trinajstić information content (AvgIpc) is 3.48. The molecular weight excluding hydrogens is 649 g/mol. The second kappa shape index (κ2) is 13.9. The lowest BCUT2D eigenvalue weighted by Crippen LogP contribution is -2.43. The van der Waals surface area contributed by atoms with E-state index in [0.29, 0.717) is 42.6 Å². The summed E-state index contributed by atoms with van der Waals surface area (Å²) in [5.74, 6) is 1.35. The van der Waals surface area contributed by atoms with E-state index in [2.05, 4.69) is 26.2 Å². The summed E-state index contributed by atoms with van der Waals surface area (Å²) < 4.78 is 58.6. The van der Waals surface area contributed by atoms with E-state index in [9.17, 15) is 9.18 Å². The highest BCUT2D eigenvalue weighted by Gasteiger charge is 2.49. The molecule has 2 atom stereocenters. The summed E-state index contributed by atoms with van der Waals surface area (Å²) in [4.78, 5) is 30.0. The Morgan fingerprint density at radius 3 is 2.88 bits per heavy atom. The molecule has 0 saturated carbocycles. The largest absolute Gasteiger partial charge is 0.461 e. The standard InChI is InChI=1S/C36H39F3N8O3/c1-3-25-28(38)9-8-22-16-24(50-35(48)45(2)15-11-40)17-26(29(22)25)31-30(39)32-27(19-41-31)33(47-14-6-4-5-12-42-47)44-34(43-32)49-21-36-10-7-13-46(36)20-23(37)18-36/h1,8-9,16-17,19,23,42H,4-7,10-15,18,20-21,40H2,2H3/t23-,36+/m1/s1. The van der Waals surface area contributed by atoms with Gasteiger partial charge in [-0.15, -0.1) is 6.42 Å². The molecule has 0 unspecified atom stereocenters. The maximum atomic E-state index is 17.1. The van der Waals surface area contributed by atoms with Gasteiger partial charge in [0.2, 0.25) is 0 Å². The number of anilines is 1. The monoisotopic (exact) mass is 688 g/mol. The number of hydrogen-bond acceptors (Lipinski definition) is 10. The molecule has 0 spiro atoms. The van der Waals surface area contributed by atoms with E-state index < -0.39 is 29.4 Å². The predicted molar refractivity (Wildman–Crippen MR) is 184 cm³/mol. The van der Waals surface area contributed by atoms with Gasteiger partial charge >= 0.3 is 12.1 Å². The molecule has 50 heavy (non-hydrogen) atoms. The third-order valence-corrected chi connectivity index (χ3v) is 9.91. The van der Waals surface area contributed by atoms with E-state index in [1.54, 1.807) is 0 Å².